The monoisotopic (exact) mass is 383 g/mol. The lowest BCUT2D eigenvalue weighted by atomic mass is 9.93. The van der Waals surface area contributed by atoms with Crippen molar-refractivity contribution in [2.24, 2.45) is 5.10 Å². The second-order valence-electron chi connectivity index (χ2n) is 6.80. The first-order valence-electron chi connectivity index (χ1n) is 8.99. The van der Waals surface area contributed by atoms with E-state index in [0.717, 1.165) is 48.0 Å². The average Bonchev–Trinajstić information content (AvgIpc) is 3.11. The minimum atomic E-state index is -3.69. The van der Waals surface area contributed by atoms with Crippen molar-refractivity contribution < 1.29 is 8.42 Å². The first-order chi connectivity index (χ1) is 13.0. The van der Waals surface area contributed by atoms with E-state index >= 15 is 0 Å². The summed E-state index contributed by atoms with van der Waals surface area (Å²) in [6.45, 7) is 1.92. The van der Waals surface area contributed by atoms with E-state index in [1.165, 1.54) is 0 Å². The molecule has 0 aliphatic heterocycles. The molecule has 1 atom stereocenters. The maximum absolute atomic E-state index is 12.5. The summed E-state index contributed by atoms with van der Waals surface area (Å²) < 4.78 is 26.9. The summed E-state index contributed by atoms with van der Waals surface area (Å²) in [4.78, 5) is 2.61. The second-order valence-corrected chi connectivity index (χ2v) is 8.46. The molecule has 0 radical (unpaired) electrons. The van der Waals surface area contributed by atoms with Crippen LogP contribution in [-0.2, 0) is 10.0 Å². The minimum Gasteiger partial charge on any atom is -0.236 e. The summed E-state index contributed by atoms with van der Waals surface area (Å²) in [7, 11) is -3.69. The number of rotatable bonds is 4. The predicted molar refractivity (Wildman–Crippen MR) is 104 cm³/mol. The van der Waals surface area contributed by atoms with Crippen LogP contribution in [0.4, 0.5) is 0 Å². The highest BCUT2D eigenvalue weighted by molar-refractivity contribution is 7.89. The molecule has 0 bridgehead atoms. The van der Waals surface area contributed by atoms with Crippen molar-refractivity contribution in [1.82, 2.24) is 19.8 Å². The van der Waals surface area contributed by atoms with Gasteiger partial charge >= 0.3 is 0 Å². The number of aryl methyl sites for hydroxylation is 1. The summed E-state index contributed by atoms with van der Waals surface area (Å²) in [6.07, 6.45) is 3.62. The van der Waals surface area contributed by atoms with Gasteiger partial charge in [-0.2, -0.15) is 13.5 Å². The molecule has 1 unspecified atom stereocenters. The van der Waals surface area contributed by atoms with Gasteiger partial charge < -0.3 is 0 Å². The molecule has 0 spiro atoms. The molecule has 140 valence electrons. The Labute approximate surface area is 158 Å². The van der Waals surface area contributed by atoms with Crippen molar-refractivity contribution in [2.75, 3.05) is 0 Å². The fourth-order valence-electron chi connectivity index (χ4n) is 3.38. The van der Waals surface area contributed by atoms with Gasteiger partial charge in [0.1, 0.15) is 5.52 Å². The van der Waals surface area contributed by atoms with Crippen LogP contribution in [0.1, 0.15) is 37.3 Å². The fraction of sp³-hybridized carbons (Fsp3) is 0.316. The molecule has 1 fully saturated rings. The minimum absolute atomic E-state index is 0.0909. The molecule has 1 heterocycles. The number of hydrogen-bond acceptors (Lipinski definition) is 5. The van der Waals surface area contributed by atoms with E-state index in [-0.39, 0.29) is 10.9 Å². The second kappa shape index (κ2) is 7.11. The molecule has 0 amide bonds. The van der Waals surface area contributed by atoms with Crippen LogP contribution in [0.3, 0.4) is 0 Å². The maximum atomic E-state index is 12.5. The summed E-state index contributed by atoms with van der Waals surface area (Å²) in [5, 5.41) is 12.8. The Bertz CT molecular complexity index is 1090. The molecule has 2 aromatic carbocycles. The molecule has 0 saturated heterocycles. The van der Waals surface area contributed by atoms with Crippen LogP contribution >= 0.6 is 0 Å². The van der Waals surface area contributed by atoms with Crippen molar-refractivity contribution >= 4 is 26.8 Å². The summed E-state index contributed by atoms with van der Waals surface area (Å²) in [5.41, 5.74) is 3.54. The molecular weight excluding hydrogens is 362 g/mol. The number of fused-ring (bicyclic) bond motifs is 1. The third kappa shape index (κ3) is 3.57. The zero-order valence-corrected chi connectivity index (χ0v) is 15.9. The third-order valence-electron chi connectivity index (χ3n) is 4.86. The molecule has 1 saturated carbocycles. The molecule has 1 aromatic heterocycles. The standard InChI is InChI=1S/C19H21N5O2S/c1-14-10-12-15(13-11-14)27(25,26)23-21-17-7-3-5-9-19(17)24-18-8-4-2-6-16(18)20-22-24/h2,4,6,8,10-13,19,23H,3,5,7,9H2,1H3. The van der Waals surface area contributed by atoms with Gasteiger partial charge in [0.15, 0.2) is 0 Å². The summed E-state index contributed by atoms with van der Waals surface area (Å²) in [6, 6.07) is 14.4. The first-order valence-corrected chi connectivity index (χ1v) is 10.5. The lowest BCUT2D eigenvalue weighted by molar-refractivity contribution is 0.468. The number of sulfonamides is 1. The van der Waals surface area contributed by atoms with Crippen molar-refractivity contribution in [3.05, 3.63) is 54.1 Å². The largest absolute Gasteiger partial charge is 0.276 e. The molecule has 27 heavy (non-hydrogen) atoms. The molecule has 3 aromatic rings. The first kappa shape index (κ1) is 17.7. The van der Waals surface area contributed by atoms with Crippen LogP contribution in [-0.4, -0.2) is 29.1 Å². The molecule has 4 rings (SSSR count). The SMILES string of the molecule is Cc1ccc(S(=O)(=O)NN=C2CCCCC2n2nnc3ccccc32)cc1. The van der Waals surface area contributed by atoms with E-state index < -0.39 is 10.0 Å². The normalized spacial score (nSPS) is 19.4. The topological polar surface area (TPSA) is 89.2 Å². The van der Waals surface area contributed by atoms with Crippen LogP contribution in [0, 0.1) is 6.92 Å². The van der Waals surface area contributed by atoms with E-state index in [4.69, 9.17) is 0 Å². The Morgan fingerprint density at radius 1 is 1.11 bits per heavy atom. The van der Waals surface area contributed by atoms with Gasteiger partial charge in [-0.05, 0) is 50.5 Å². The Hall–Kier alpha value is -2.74. The number of aromatic nitrogens is 3. The summed E-state index contributed by atoms with van der Waals surface area (Å²) in [5.74, 6) is 0. The van der Waals surface area contributed by atoms with Gasteiger partial charge in [-0.15, -0.1) is 5.10 Å². The molecular formula is C19H21N5O2S. The zero-order valence-electron chi connectivity index (χ0n) is 15.0. The van der Waals surface area contributed by atoms with E-state index in [1.54, 1.807) is 24.3 Å². The van der Waals surface area contributed by atoms with Gasteiger partial charge in [-0.25, -0.2) is 9.51 Å². The van der Waals surface area contributed by atoms with Gasteiger partial charge in [-0.1, -0.05) is 41.5 Å². The predicted octanol–water partition coefficient (Wildman–Crippen LogP) is 3.19. The number of para-hydroxylation sites is 1. The van der Waals surface area contributed by atoms with Crippen molar-refractivity contribution in [3.63, 3.8) is 0 Å². The smallest absolute Gasteiger partial charge is 0.236 e. The lowest BCUT2D eigenvalue weighted by Crippen LogP contribution is -2.28. The maximum Gasteiger partial charge on any atom is 0.276 e. The van der Waals surface area contributed by atoms with Gasteiger partial charge in [0.05, 0.1) is 22.2 Å². The Kier molecular flexibility index (Phi) is 4.65. The van der Waals surface area contributed by atoms with E-state index in [1.807, 2.05) is 35.9 Å². The number of hydrazone groups is 1. The van der Waals surface area contributed by atoms with Crippen molar-refractivity contribution in [3.8, 4) is 0 Å². The van der Waals surface area contributed by atoms with Crippen LogP contribution in [0.5, 0.6) is 0 Å². The molecule has 8 heteroatoms. The lowest BCUT2D eigenvalue weighted by Gasteiger charge is -2.24. The van der Waals surface area contributed by atoms with Gasteiger partial charge in [0.25, 0.3) is 10.0 Å². The van der Waals surface area contributed by atoms with Gasteiger partial charge in [0, 0.05) is 0 Å². The molecule has 1 aliphatic rings. The highest BCUT2D eigenvalue weighted by atomic mass is 32.2. The van der Waals surface area contributed by atoms with Crippen molar-refractivity contribution in [2.45, 2.75) is 43.5 Å². The van der Waals surface area contributed by atoms with Crippen molar-refractivity contribution in [1.29, 1.82) is 0 Å². The van der Waals surface area contributed by atoms with Gasteiger partial charge in [-0.3, -0.25) is 0 Å². The van der Waals surface area contributed by atoms with E-state index in [0.29, 0.717) is 0 Å². The molecule has 7 nitrogen and oxygen atoms in total. The summed E-state index contributed by atoms with van der Waals surface area (Å²) >= 11 is 0. The van der Waals surface area contributed by atoms with Crippen LogP contribution in [0.15, 0.2) is 58.5 Å². The Morgan fingerprint density at radius 3 is 2.70 bits per heavy atom. The van der Waals surface area contributed by atoms with E-state index in [2.05, 4.69) is 20.2 Å². The number of nitrogens with zero attached hydrogens (tertiary/aromatic N) is 4. The molecule has 1 N–H and O–H groups in total. The van der Waals surface area contributed by atoms with E-state index in [9.17, 15) is 8.42 Å². The molecule has 1 aliphatic carbocycles. The average molecular weight is 383 g/mol. The third-order valence-corrected chi connectivity index (χ3v) is 6.08. The van der Waals surface area contributed by atoms with Crippen LogP contribution < -0.4 is 4.83 Å². The Morgan fingerprint density at radius 2 is 1.89 bits per heavy atom. The highest BCUT2D eigenvalue weighted by Gasteiger charge is 2.25. The quantitative estimate of drug-likeness (QED) is 0.701. The van der Waals surface area contributed by atoms with Crippen LogP contribution in [0.25, 0.3) is 11.0 Å². The number of hydrogen-bond donors (Lipinski definition) is 1. The fourth-order valence-corrected chi connectivity index (χ4v) is 4.21. The number of nitrogens with one attached hydrogen (secondary N) is 1. The van der Waals surface area contributed by atoms with Gasteiger partial charge in [0.2, 0.25) is 0 Å². The number of benzene rings is 2. The Balaban J connectivity index is 1.63. The van der Waals surface area contributed by atoms with Crippen LogP contribution in [0.2, 0.25) is 0 Å². The zero-order chi connectivity index (χ0) is 18.9. The highest BCUT2D eigenvalue weighted by Crippen LogP contribution is 2.28.